The molecule has 1 aromatic rings. The van der Waals surface area contributed by atoms with Crippen molar-refractivity contribution in [1.29, 1.82) is 0 Å². The molecule has 1 fully saturated rings. The number of aliphatic hydroxyl groups excluding tert-OH is 1. The number of likely N-dealkylation sites (tertiary alicyclic amines) is 1. The first kappa shape index (κ1) is 13.8. The molecule has 0 aromatic carbocycles. The second-order valence-corrected chi connectivity index (χ2v) is 5.02. The minimum atomic E-state index is -0.410. The average Bonchev–Trinajstić information content (AvgIpc) is 2.86. The van der Waals surface area contributed by atoms with Crippen molar-refractivity contribution >= 4 is 12.0 Å². The maximum absolute atomic E-state index is 12.0. The molecule has 1 aliphatic rings. The van der Waals surface area contributed by atoms with Gasteiger partial charge in [-0.2, -0.15) is 5.10 Å². The predicted octanol–water partition coefficient (Wildman–Crippen LogP) is 1.15. The van der Waals surface area contributed by atoms with Crippen LogP contribution in [-0.4, -0.2) is 44.9 Å². The van der Waals surface area contributed by atoms with E-state index >= 15 is 0 Å². The number of hydrogen-bond donors (Lipinski definition) is 1. The van der Waals surface area contributed by atoms with Gasteiger partial charge < -0.3 is 10.0 Å². The van der Waals surface area contributed by atoms with Crippen molar-refractivity contribution in [2.24, 2.45) is 5.92 Å². The Morgan fingerprint density at radius 3 is 3.11 bits per heavy atom. The third-order valence-corrected chi connectivity index (χ3v) is 3.68. The van der Waals surface area contributed by atoms with Crippen LogP contribution in [0, 0.1) is 5.92 Å². The molecule has 1 aromatic heterocycles. The Bertz CT molecular complexity index is 467. The van der Waals surface area contributed by atoms with Gasteiger partial charge in [0.05, 0.1) is 11.8 Å². The second kappa shape index (κ2) is 6.02. The summed E-state index contributed by atoms with van der Waals surface area (Å²) in [4.78, 5) is 13.7. The summed E-state index contributed by atoms with van der Waals surface area (Å²) in [5, 5.41) is 13.9. The molecule has 5 heteroatoms. The van der Waals surface area contributed by atoms with Crippen molar-refractivity contribution in [1.82, 2.24) is 14.7 Å². The van der Waals surface area contributed by atoms with Crippen LogP contribution in [0.3, 0.4) is 0 Å². The topological polar surface area (TPSA) is 58.4 Å². The van der Waals surface area contributed by atoms with E-state index in [9.17, 15) is 9.90 Å². The van der Waals surface area contributed by atoms with Crippen molar-refractivity contribution in [3.05, 3.63) is 24.0 Å². The highest BCUT2D eigenvalue weighted by molar-refractivity contribution is 5.91. The molecule has 19 heavy (non-hydrogen) atoms. The normalized spacial score (nSPS) is 24.1. The van der Waals surface area contributed by atoms with Gasteiger partial charge in [-0.15, -0.1) is 0 Å². The van der Waals surface area contributed by atoms with Crippen LogP contribution in [0.15, 0.2) is 18.3 Å². The largest absolute Gasteiger partial charge is 0.391 e. The van der Waals surface area contributed by atoms with E-state index < -0.39 is 6.10 Å². The molecule has 0 aliphatic carbocycles. The van der Waals surface area contributed by atoms with Gasteiger partial charge >= 0.3 is 0 Å². The Hall–Kier alpha value is -1.62. The summed E-state index contributed by atoms with van der Waals surface area (Å²) >= 11 is 0. The summed E-state index contributed by atoms with van der Waals surface area (Å²) in [6, 6.07) is 1.88. The number of amides is 1. The molecule has 5 nitrogen and oxygen atoms in total. The lowest BCUT2D eigenvalue weighted by Gasteiger charge is -2.33. The van der Waals surface area contributed by atoms with Crippen LogP contribution in [0.1, 0.15) is 26.0 Å². The van der Waals surface area contributed by atoms with E-state index in [1.54, 1.807) is 23.2 Å². The molecule has 0 radical (unpaired) electrons. The van der Waals surface area contributed by atoms with Crippen LogP contribution in [0.5, 0.6) is 0 Å². The van der Waals surface area contributed by atoms with Gasteiger partial charge in [0.2, 0.25) is 5.91 Å². The number of β-amino-alcohol motifs (C(OH)–C–C–N with tert-alkyl or cyclic N) is 1. The number of carbonyl (C=O) groups is 1. The minimum Gasteiger partial charge on any atom is -0.391 e. The number of aromatic nitrogens is 2. The van der Waals surface area contributed by atoms with Gasteiger partial charge in [-0.25, -0.2) is 0 Å². The van der Waals surface area contributed by atoms with Crippen LogP contribution in [0.4, 0.5) is 0 Å². The monoisotopic (exact) mass is 263 g/mol. The molecular weight excluding hydrogens is 242 g/mol. The molecule has 0 saturated carbocycles. The van der Waals surface area contributed by atoms with Gasteiger partial charge in [0, 0.05) is 31.9 Å². The Kier molecular flexibility index (Phi) is 4.37. The van der Waals surface area contributed by atoms with Gasteiger partial charge in [-0.05, 0) is 31.4 Å². The quantitative estimate of drug-likeness (QED) is 0.832. The molecular formula is C14H21N3O2. The number of hydrogen-bond acceptors (Lipinski definition) is 3. The van der Waals surface area contributed by atoms with Crippen molar-refractivity contribution in [3.63, 3.8) is 0 Å². The Morgan fingerprint density at radius 1 is 1.63 bits per heavy atom. The summed E-state index contributed by atoms with van der Waals surface area (Å²) in [6.07, 6.45) is 5.51. The first-order valence-corrected chi connectivity index (χ1v) is 6.78. The highest BCUT2D eigenvalue weighted by Crippen LogP contribution is 2.17. The zero-order valence-corrected chi connectivity index (χ0v) is 11.5. The average molecular weight is 263 g/mol. The Morgan fingerprint density at radius 2 is 2.42 bits per heavy atom. The predicted molar refractivity (Wildman–Crippen MR) is 73.3 cm³/mol. The van der Waals surface area contributed by atoms with E-state index in [0.717, 1.165) is 18.7 Å². The van der Waals surface area contributed by atoms with Crippen LogP contribution >= 0.6 is 0 Å². The molecule has 1 aliphatic heterocycles. The summed E-state index contributed by atoms with van der Waals surface area (Å²) in [7, 11) is 0. The number of aliphatic hydroxyl groups is 1. The molecule has 2 unspecified atom stereocenters. The SMILES string of the molecule is CCn1nccc1/C=C/C(=O)N1CCC(C)C(O)C1. The minimum absolute atomic E-state index is 0.0465. The van der Waals surface area contributed by atoms with Crippen molar-refractivity contribution in [2.45, 2.75) is 32.9 Å². The lowest BCUT2D eigenvalue weighted by Crippen LogP contribution is -2.45. The van der Waals surface area contributed by atoms with Crippen molar-refractivity contribution in [2.75, 3.05) is 13.1 Å². The van der Waals surface area contributed by atoms with Gasteiger partial charge in [-0.3, -0.25) is 9.48 Å². The zero-order chi connectivity index (χ0) is 13.8. The highest BCUT2D eigenvalue weighted by Gasteiger charge is 2.26. The molecule has 2 rings (SSSR count). The van der Waals surface area contributed by atoms with Crippen LogP contribution < -0.4 is 0 Å². The molecule has 1 amide bonds. The van der Waals surface area contributed by atoms with E-state index in [0.29, 0.717) is 13.1 Å². The van der Waals surface area contributed by atoms with E-state index in [-0.39, 0.29) is 11.8 Å². The molecule has 2 atom stereocenters. The van der Waals surface area contributed by atoms with Gasteiger partial charge in [0.15, 0.2) is 0 Å². The number of aryl methyl sites for hydroxylation is 1. The molecule has 1 saturated heterocycles. The maximum Gasteiger partial charge on any atom is 0.246 e. The summed E-state index contributed by atoms with van der Waals surface area (Å²) in [6.45, 7) is 5.95. The van der Waals surface area contributed by atoms with E-state index in [1.807, 2.05) is 24.6 Å². The van der Waals surface area contributed by atoms with Crippen LogP contribution in [0.2, 0.25) is 0 Å². The van der Waals surface area contributed by atoms with Crippen molar-refractivity contribution in [3.8, 4) is 0 Å². The van der Waals surface area contributed by atoms with Crippen molar-refractivity contribution < 1.29 is 9.90 Å². The standard InChI is InChI=1S/C14H21N3O2/c1-3-17-12(6-8-15-17)4-5-14(19)16-9-7-11(2)13(18)10-16/h4-6,8,11,13,18H,3,7,9-10H2,1-2H3/b5-4+. The lowest BCUT2D eigenvalue weighted by molar-refractivity contribution is -0.130. The number of rotatable bonds is 3. The smallest absolute Gasteiger partial charge is 0.246 e. The first-order chi connectivity index (χ1) is 9.11. The van der Waals surface area contributed by atoms with Crippen LogP contribution in [-0.2, 0) is 11.3 Å². The summed E-state index contributed by atoms with van der Waals surface area (Å²) in [5.41, 5.74) is 0.918. The van der Waals surface area contributed by atoms with E-state index in [2.05, 4.69) is 5.10 Å². The van der Waals surface area contributed by atoms with Gasteiger partial charge in [-0.1, -0.05) is 6.92 Å². The third-order valence-electron chi connectivity index (χ3n) is 3.68. The number of carbonyl (C=O) groups excluding carboxylic acids is 1. The Balaban J connectivity index is 1.97. The third kappa shape index (κ3) is 3.23. The zero-order valence-electron chi connectivity index (χ0n) is 11.5. The number of piperidine rings is 1. The molecule has 2 heterocycles. The highest BCUT2D eigenvalue weighted by atomic mass is 16.3. The fourth-order valence-corrected chi connectivity index (χ4v) is 2.26. The van der Waals surface area contributed by atoms with E-state index in [1.165, 1.54) is 0 Å². The maximum atomic E-state index is 12.0. The summed E-state index contributed by atoms with van der Waals surface area (Å²) < 4.78 is 1.83. The van der Waals surface area contributed by atoms with Crippen LogP contribution in [0.25, 0.3) is 6.08 Å². The lowest BCUT2D eigenvalue weighted by atomic mass is 9.96. The number of nitrogens with zero attached hydrogens (tertiary/aromatic N) is 3. The summed E-state index contributed by atoms with van der Waals surface area (Å²) in [5.74, 6) is 0.226. The fraction of sp³-hybridized carbons (Fsp3) is 0.571. The fourth-order valence-electron chi connectivity index (χ4n) is 2.26. The molecule has 0 bridgehead atoms. The Labute approximate surface area is 113 Å². The molecule has 1 N–H and O–H groups in total. The first-order valence-electron chi connectivity index (χ1n) is 6.78. The molecule has 0 spiro atoms. The van der Waals surface area contributed by atoms with Gasteiger partial charge in [0.1, 0.15) is 0 Å². The second-order valence-electron chi connectivity index (χ2n) is 5.02. The van der Waals surface area contributed by atoms with E-state index in [4.69, 9.17) is 0 Å². The molecule has 104 valence electrons. The van der Waals surface area contributed by atoms with Gasteiger partial charge in [0.25, 0.3) is 0 Å².